The second-order valence-electron chi connectivity index (χ2n) is 3.00. The van der Waals surface area contributed by atoms with E-state index in [0.717, 1.165) is 4.89 Å². The summed E-state index contributed by atoms with van der Waals surface area (Å²) in [5.74, 6) is -0.450. The summed E-state index contributed by atoms with van der Waals surface area (Å²) in [7, 11) is -3.99. The lowest BCUT2D eigenvalue weighted by Gasteiger charge is -2.23. The van der Waals surface area contributed by atoms with Crippen molar-refractivity contribution in [1.29, 1.82) is 0 Å². The van der Waals surface area contributed by atoms with E-state index < -0.39 is 28.5 Å². The van der Waals surface area contributed by atoms with Crippen molar-refractivity contribution >= 4 is 16.2 Å². The SMILES string of the molecule is CC(=O)O[C@@H]1C=CC(NS(=O)(=O)NO)OC1. The maximum absolute atomic E-state index is 10.9. The molecule has 16 heavy (non-hydrogen) atoms. The van der Waals surface area contributed by atoms with Crippen LogP contribution >= 0.6 is 0 Å². The summed E-state index contributed by atoms with van der Waals surface area (Å²) >= 11 is 0. The molecule has 0 aromatic rings. The van der Waals surface area contributed by atoms with Crippen LogP contribution in [0, 0.1) is 0 Å². The Hall–Kier alpha value is -1.00. The van der Waals surface area contributed by atoms with Gasteiger partial charge in [-0.1, -0.05) is 4.89 Å². The third-order valence-corrected chi connectivity index (χ3v) is 2.43. The van der Waals surface area contributed by atoms with Gasteiger partial charge in [-0.25, -0.2) is 0 Å². The highest BCUT2D eigenvalue weighted by Crippen LogP contribution is 2.07. The fourth-order valence-corrected chi connectivity index (χ4v) is 1.58. The van der Waals surface area contributed by atoms with Crippen LogP contribution in [0.2, 0.25) is 0 Å². The first-order valence-corrected chi connectivity index (χ1v) is 5.81. The Morgan fingerprint density at radius 1 is 1.56 bits per heavy atom. The maximum atomic E-state index is 10.9. The number of esters is 1. The fourth-order valence-electron chi connectivity index (χ4n) is 1.07. The molecule has 1 heterocycles. The average molecular weight is 252 g/mol. The van der Waals surface area contributed by atoms with Gasteiger partial charge in [-0.2, -0.15) is 13.1 Å². The first-order valence-electron chi connectivity index (χ1n) is 4.33. The lowest BCUT2D eigenvalue weighted by molar-refractivity contribution is -0.148. The molecule has 1 aliphatic heterocycles. The van der Waals surface area contributed by atoms with Gasteiger partial charge in [0.1, 0.15) is 12.3 Å². The molecule has 1 rings (SSSR count). The van der Waals surface area contributed by atoms with E-state index in [-0.39, 0.29) is 6.61 Å². The van der Waals surface area contributed by atoms with Crippen LogP contribution in [0.15, 0.2) is 12.2 Å². The molecule has 92 valence electrons. The quantitative estimate of drug-likeness (QED) is 0.323. The predicted molar refractivity (Wildman–Crippen MR) is 51.4 cm³/mol. The number of rotatable bonds is 4. The molecule has 0 aliphatic carbocycles. The molecule has 0 aromatic carbocycles. The van der Waals surface area contributed by atoms with Crippen molar-refractivity contribution in [3.05, 3.63) is 12.2 Å². The number of carbonyl (C=O) groups is 1. The van der Waals surface area contributed by atoms with Crippen molar-refractivity contribution in [2.45, 2.75) is 19.3 Å². The molecule has 8 nitrogen and oxygen atoms in total. The van der Waals surface area contributed by atoms with Gasteiger partial charge in [0.05, 0.1) is 6.61 Å². The van der Waals surface area contributed by atoms with E-state index in [1.807, 2.05) is 4.72 Å². The van der Waals surface area contributed by atoms with Crippen LogP contribution in [0.1, 0.15) is 6.92 Å². The largest absolute Gasteiger partial charge is 0.456 e. The van der Waals surface area contributed by atoms with Crippen LogP contribution in [0.3, 0.4) is 0 Å². The molecule has 0 saturated heterocycles. The van der Waals surface area contributed by atoms with Gasteiger partial charge in [0.15, 0.2) is 0 Å². The molecule has 0 saturated carbocycles. The zero-order valence-corrected chi connectivity index (χ0v) is 9.23. The van der Waals surface area contributed by atoms with E-state index >= 15 is 0 Å². The van der Waals surface area contributed by atoms with Gasteiger partial charge in [-0.3, -0.25) is 4.79 Å². The Balaban J connectivity index is 2.49. The van der Waals surface area contributed by atoms with Crippen LogP contribution in [0.25, 0.3) is 0 Å². The second-order valence-corrected chi connectivity index (χ2v) is 4.42. The molecule has 3 N–H and O–H groups in total. The number of ether oxygens (including phenoxy) is 2. The second kappa shape index (κ2) is 5.37. The van der Waals surface area contributed by atoms with E-state index in [0.29, 0.717) is 0 Å². The third-order valence-electron chi connectivity index (χ3n) is 1.65. The van der Waals surface area contributed by atoms with Crippen molar-refractivity contribution in [2.75, 3.05) is 6.61 Å². The van der Waals surface area contributed by atoms with Gasteiger partial charge < -0.3 is 14.7 Å². The zero-order chi connectivity index (χ0) is 12.2. The highest BCUT2D eigenvalue weighted by atomic mass is 32.2. The lowest BCUT2D eigenvalue weighted by Crippen LogP contribution is -2.44. The third kappa shape index (κ3) is 4.24. The number of hydrogen-bond acceptors (Lipinski definition) is 6. The van der Waals surface area contributed by atoms with E-state index in [9.17, 15) is 13.2 Å². The number of hydrogen-bond donors (Lipinski definition) is 3. The number of nitrogens with one attached hydrogen (secondary N) is 2. The topological polar surface area (TPSA) is 114 Å². The average Bonchev–Trinajstić information content (AvgIpc) is 2.20. The van der Waals surface area contributed by atoms with E-state index in [1.54, 1.807) is 0 Å². The smallest absolute Gasteiger partial charge is 0.303 e. The molecule has 0 spiro atoms. The van der Waals surface area contributed by atoms with Gasteiger partial charge in [0.2, 0.25) is 0 Å². The maximum Gasteiger partial charge on any atom is 0.303 e. The van der Waals surface area contributed by atoms with Gasteiger partial charge in [-0.05, 0) is 12.2 Å². The molecule has 0 bridgehead atoms. The van der Waals surface area contributed by atoms with Gasteiger partial charge in [0.25, 0.3) is 0 Å². The molecule has 1 unspecified atom stereocenters. The van der Waals surface area contributed by atoms with Gasteiger partial charge >= 0.3 is 16.2 Å². The van der Waals surface area contributed by atoms with Crippen LogP contribution in [-0.4, -0.2) is 38.5 Å². The van der Waals surface area contributed by atoms with Crippen LogP contribution in [0.4, 0.5) is 0 Å². The van der Waals surface area contributed by atoms with Gasteiger partial charge in [-0.15, -0.1) is 0 Å². The van der Waals surface area contributed by atoms with Crippen molar-refractivity contribution in [3.63, 3.8) is 0 Å². The summed E-state index contributed by atoms with van der Waals surface area (Å²) in [5.41, 5.74) is 0. The minimum absolute atomic E-state index is 0.0364. The summed E-state index contributed by atoms with van der Waals surface area (Å²) in [5, 5.41) is 8.25. The summed E-state index contributed by atoms with van der Waals surface area (Å²) in [6, 6.07) is 0. The Labute approximate surface area is 92.4 Å². The summed E-state index contributed by atoms with van der Waals surface area (Å²) in [6.07, 6.45) is 1.43. The Morgan fingerprint density at radius 3 is 2.69 bits per heavy atom. The lowest BCUT2D eigenvalue weighted by atomic mass is 10.3. The zero-order valence-electron chi connectivity index (χ0n) is 8.41. The van der Waals surface area contributed by atoms with Crippen LogP contribution in [0.5, 0.6) is 0 Å². The molecular formula is C7H12N2O6S. The van der Waals surface area contributed by atoms with Crippen molar-refractivity contribution in [3.8, 4) is 0 Å². The minimum Gasteiger partial charge on any atom is -0.456 e. The Bertz CT molecular complexity index is 378. The molecule has 0 radical (unpaired) electrons. The van der Waals surface area contributed by atoms with E-state index in [1.165, 1.54) is 19.1 Å². The standard InChI is InChI=1S/C7H12N2O6S/c1-5(10)15-6-2-3-7(14-4-6)8-16(12,13)9-11/h2-3,6-9,11H,4H2,1H3/t6-,7?/m1/s1. The molecule has 2 atom stereocenters. The summed E-state index contributed by atoms with van der Waals surface area (Å²) < 4.78 is 33.5. The Kier molecular flexibility index (Phi) is 4.38. The first-order chi connectivity index (χ1) is 7.43. The monoisotopic (exact) mass is 252 g/mol. The van der Waals surface area contributed by atoms with Crippen LogP contribution < -0.4 is 9.61 Å². The van der Waals surface area contributed by atoms with E-state index in [2.05, 4.69) is 0 Å². The van der Waals surface area contributed by atoms with E-state index in [4.69, 9.17) is 14.7 Å². The van der Waals surface area contributed by atoms with Crippen molar-refractivity contribution in [1.82, 2.24) is 9.61 Å². The molecule has 0 fully saturated rings. The highest BCUT2D eigenvalue weighted by Gasteiger charge is 2.21. The minimum atomic E-state index is -3.99. The van der Waals surface area contributed by atoms with Crippen LogP contribution in [-0.2, 0) is 24.5 Å². The molecule has 1 aliphatic rings. The first kappa shape index (κ1) is 13.1. The Morgan fingerprint density at radius 2 is 2.25 bits per heavy atom. The van der Waals surface area contributed by atoms with Crippen molar-refractivity contribution < 1.29 is 27.9 Å². The van der Waals surface area contributed by atoms with Crippen molar-refractivity contribution in [2.24, 2.45) is 0 Å². The molecular weight excluding hydrogens is 240 g/mol. The predicted octanol–water partition coefficient (Wildman–Crippen LogP) is -1.36. The summed E-state index contributed by atoms with van der Waals surface area (Å²) in [4.78, 5) is 11.7. The normalized spacial score (nSPS) is 25.4. The summed E-state index contributed by atoms with van der Waals surface area (Å²) in [6.45, 7) is 1.30. The molecule has 9 heteroatoms. The number of carbonyl (C=O) groups excluding carboxylic acids is 1. The highest BCUT2D eigenvalue weighted by molar-refractivity contribution is 7.87. The fraction of sp³-hybridized carbons (Fsp3) is 0.571. The molecule has 0 aromatic heterocycles. The molecule has 0 amide bonds. The van der Waals surface area contributed by atoms with Gasteiger partial charge in [0, 0.05) is 6.92 Å².